The van der Waals surface area contributed by atoms with Crippen LogP contribution in [0.2, 0.25) is 0 Å². The summed E-state index contributed by atoms with van der Waals surface area (Å²) >= 11 is 0. The molecule has 0 aliphatic heterocycles. The van der Waals surface area contributed by atoms with E-state index in [1.54, 1.807) is 30.3 Å². The van der Waals surface area contributed by atoms with Crippen LogP contribution >= 0.6 is 0 Å². The molecule has 0 saturated carbocycles. The maximum Gasteiger partial charge on any atom is 0.264 e. The standard InChI is InChI=1S/C20H16F2N2O3S/c1-24(16-7-3-2-4-8-16)28(26,27)17-9-5-6-14(12-17)20(25)23-15-10-11-18(21)19(22)13-15/h2-13H,1H3,(H,23,25). The summed E-state index contributed by atoms with van der Waals surface area (Å²) in [5.41, 5.74) is 0.588. The third-order valence-electron chi connectivity index (χ3n) is 4.05. The summed E-state index contributed by atoms with van der Waals surface area (Å²) in [6.07, 6.45) is 0. The molecule has 1 N–H and O–H groups in total. The van der Waals surface area contributed by atoms with Gasteiger partial charge in [0.05, 0.1) is 10.6 Å². The van der Waals surface area contributed by atoms with E-state index in [0.717, 1.165) is 16.4 Å². The Bertz CT molecular complexity index is 1120. The monoisotopic (exact) mass is 402 g/mol. The first-order valence-corrected chi connectivity index (χ1v) is 9.63. The molecule has 0 saturated heterocycles. The largest absolute Gasteiger partial charge is 0.322 e. The summed E-state index contributed by atoms with van der Waals surface area (Å²) in [5, 5.41) is 2.41. The second-order valence-electron chi connectivity index (χ2n) is 5.92. The Labute approximate surface area is 161 Å². The van der Waals surface area contributed by atoms with Crippen LogP contribution in [0.5, 0.6) is 0 Å². The second kappa shape index (κ2) is 7.77. The highest BCUT2D eigenvalue weighted by Crippen LogP contribution is 2.23. The molecule has 28 heavy (non-hydrogen) atoms. The van der Waals surface area contributed by atoms with Crippen LogP contribution in [0, 0.1) is 11.6 Å². The van der Waals surface area contributed by atoms with Gasteiger partial charge < -0.3 is 5.32 Å². The van der Waals surface area contributed by atoms with E-state index in [0.29, 0.717) is 5.69 Å². The van der Waals surface area contributed by atoms with Crippen molar-refractivity contribution in [3.05, 3.63) is 90.0 Å². The molecule has 5 nitrogen and oxygen atoms in total. The SMILES string of the molecule is CN(c1ccccc1)S(=O)(=O)c1cccc(C(=O)Nc2ccc(F)c(F)c2)c1. The van der Waals surface area contributed by atoms with Crippen LogP contribution in [0.3, 0.4) is 0 Å². The lowest BCUT2D eigenvalue weighted by molar-refractivity contribution is 0.102. The van der Waals surface area contributed by atoms with Crippen LogP contribution in [0.4, 0.5) is 20.2 Å². The van der Waals surface area contributed by atoms with Gasteiger partial charge in [-0.25, -0.2) is 17.2 Å². The van der Waals surface area contributed by atoms with Gasteiger partial charge in [-0.3, -0.25) is 9.10 Å². The Morgan fingerprint density at radius 2 is 1.61 bits per heavy atom. The van der Waals surface area contributed by atoms with E-state index in [4.69, 9.17) is 0 Å². The number of amides is 1. The number of rotatable bonds is 5. The van der Waals surface area contributed by atoms with Crippen molar-refractivity contribution in [2.45, 2.75) is 4.90 Å². The first kappa shape index (κ1) is 19.5. The number of carbonyl (C=O) groups is 1. The predicted molar refractivity (Wildman–Crippen MR) is 103 cm³/mol. The van der Waals surface area contributed by atoms with Crippen molar-refractivity contribution in [2.75, 3.05) is 16.7 Å². The van der Waals surface area contributed by atoms with Crippen molar-refractivity contribution in [3.8, 4) is 0 Å². The van der Waals surface area contributed by atoms with Crippen molar-refractivity contribution >= 4 is 27.3 Å². The van der Waals surface area contributed by atoms with Gasteiger partial charge in [-0.2, -0.15) is 0 Å². The van der Waals surface area contributed by atoms with E-state index >= 15 is 0 Å². The molecule has 3 rings (SSSR count). The molecule has 0 bridgehead atoms. The zero-order valence-corrected chi connectivity index (χ0v) is 15.6. The zero-order chi connectivity index (χ0) is 20.3. The number of benzene rings is 3. The third kappa shape index (κ3) is 4.01. The maximum atomic E-state index is 13.3. The van der Waals surface area contributed by atoms with E-state index in [1.165, 1.54) is 37.4 Å². The Morgan fingerprint density at radius 1 is 0.893 bits per heavy atom. The highest BCUT2D eigenvalue weighted by Gasteiger charge is 2.22. The molecular formula is C20H16F2N2O3S. The molecule has 0 fully saturated rings. The number of nitrogens with one attached hydrogen (secondary N) is 1. The summed E-state index contributed by atoms with van der Waals surface area (Å²) in [4.78, 5) is 12.3. The number of sulfonamides is 1. The molecule has 0 aliphatic rings. The maximum absolute atomic E-state index is 13.3. The number of carbonyl (C=O) groups excluding carboxylic acids is 1. The number of para-hydroxylation sites is 1. The lowest BCUT2D eigenvalue weighted by atomic mass is 10.2. The molecule has 0 radical (unpaired) electrons. The van der Waals surface area contributed by atoms with Gasteiger partial charge in [0.15, 0.2) is 11.6 Å². The first-order chi connectivity index (χ1) is 13.3. The smallest absolute Gasteiger partial charge is 0.264 e. The van der Waals surface area contributed by atoms with Crippen LogP contribution in [0.1, 0.15) is 10.4 Å². The molecule has 8 heteroatoms. The minimum atomic E-state index is -3.89. The minimum absolute atomic E-state index is 0.0542. The molecule has 0 aromatic heterocycles. The normalized spacial score (nSPS) is 11.1. The summed E-state index contributed by atoms with van der Waals surface area (Å²) in [6, 6.07) is 16.9. The zero-order valence-electron chi connectivity index (χ0n) is 14.8. The molecule has 1 amide bonds. The second-order valence-corrected chi connectivity index (χ2v) is 7.89. The van der Waals surface area contributed by atoms with Crippen LogP contribution < -0.4 is 9.62 Å². The van der Waals surface area contributed by atoms with E-state index < -0.39 is 27.6 Å². The molecule has 3 aromatic carbocycles. The third-order valence-corrected chi connectivity index (χ3v) is 5.83. The molecule has 3 aromatic rings. The Hall–Kier alpha value is -3.26. The number of halogens is 2. The van der Waals surface area contributed by atoms with Gasteiger partial charge >= 0.3 is 0 Å². The lowest BCUT2D eigenvalue weighted by Crippen LogP contribution is -2.26. The van der Waals surface area contributed by atoms with Crippen LogP contribution in [-0.2, 0) is 10.0 Å². The summed E-state index contributed by atoms with van der Waals surface area (Å²) in [5.74, 6) is -2.78. The number of hydrogen-bond acceptors (Lipinski definition) is 3. The molecule has 0 heterocycles. The fourth-order valence-corrected chi connectivity index (χ4v) is 3.75. The molecule has 0 atom stereocenters. The van der Waals surface area contributed by atoms with Gasteiger partial charge in [0.25, 0.3) is 15.9 Å². The van der Waals surface area contributed by atoms with Gasteiger partial charge in [0, 0.05) is 24.4 Å². The van der Waals surface area contributed by atoms with E-state index in [9.17, 15) is 22.0 Å². The van der Waals surface area contributed by atoms with Gasteiger partial charge in [-0.1, -0.05) is 24.3 Å². The van der Waals surface area contributed by atoms with Crippen molar-refractivity contribution in [1.29, 1.82) is 0 Å². The number of anilines is 2. The quantitative estimate of drug-likeness (QED) is 0.700. The molecule has 144 valence electrons. The van der Waals surface area contributed by atoms with Crippen molar-refractivity contribution < 1.29 is 22.0 Å². The fourth-order valence-electron chi connectivity index (χ4n) is 2.51. The Morgan fingerprint density at radius 3 is 2.29 bits per heavy atom. The Balaban J connectivity index is 1.87. The van der Waals surface area contributed by atoms with Crippen molar-refractivity contribution in [1.82, 2.24) is 0 Å². The number of hydrogen-bond donors (Lipinski definition) is 1. The fraction of sp³-hybridized carbons (Fsp3) is 0.0500. The van der Waals surface area contributed by atoms with E-state index in [-0.39, 0.29) is 16.1 Å². The Kier molecular flexibility index (Phi) is 5.41. The predicted octanol–water partition coefficient (Wildman–Crippen LogP) is 4.04. The van der Waals surface area contributed by atoms with Gasteiger partial charge in [-0.15, -0.1) is 0 Å². The van der Waals surface area contributed by atoms with E-state index in [1.807, 2.05) is 0 Å². The van der Waals surface area contributed by atoms with Crippen molar-refractivity contribution in [3.63, 3.8) is 0 Å². The van der Waals surface area contributed by atoms with Crippen molar-refractivity contribution in [2.24, 2.45) is 0 Å². The lowest BCUT2D eigenvalue weighted by Gasteiger charge is -2.19. The average molecular weight is 402 g/mol. The highest BCUT2D eigenvalue weighted by molar-refractivity contribution is 7.92. The topological polar surface area (TPSA) is 66.5 Å². The van der Waals surface area contributed by atoms with Gasteiger partial charge in [0.1, 0.15) is 0 Å². The van der Waals surface area contributed by atoms with Gasteiger partial charge in [0.2, 0.25) is 0 Å². The summed E-state index contributed by atoms with van der Waals surface area (Å²) < 4.78 is 53.1. The summed E-state index contributed by atoms with van der Waals surface area (Å²) in [6.45, 7) is 0. The minimum Gasteiger partial charge on any atom is -0.322 e. The molecule has 0 spiro atoms. The van der Waals surface area contributed by atoms with E-state index in [2.05, 4.69) is 5.32 Å². The highest BCUT2D eigenvalue weighted by atomic mass is 32.2. The van der Waals surface area contributed by atoms with Crippen LogP contribution in [-0.4, -0.2) is 21.4 Å². The van der Waals surface area contributed by atoms with Crippen LogP contribution in [0.15, 0.2) is 77.7 Å². The van der Waals surface area contributed by atoms with Gasteiger partial charge in [-0.05, 0) is 42.5 Å². The number of nitrogens with zero attached hydrogens (tertiary/aromatic N) is 1. The molecular weight excluding hydrogens is 386 g/mol. The van der Waals surface area contributed by atoms with Crippen LogP contribution in [0.25, 0.3) is 0 Å². The molecule has 0 unspecified atom stereocenters. The summed E-state index contributed by atoms with van der Waals surface area (Å²) in [7, 11) is -2.47. The molecule has 0 aliphatic carbocycles. The first-order valence-electron chi connectivity index (χ1n) is 8.19. The average Bonchev–Trinajstić information content (AvgIpc) is 2.71.